The van der Waals surface area contributed by atoms with Gasteiger partial charge in [-0.2, -0.15) is 0 Å². The molecule has 0 unspecified atom stereocenters. The minimum absolute atomic E-state index is 0.0624. The number of carbonyl (C=O) groups excluding carboxylic acids is 1. The van der Waals surface area contributed by atoms with Crippen molar-refractivity contribution in [2.24, 2.45) is 0 Å². The molecule has 0 N–H and O–H groups in total. The highest BCUT2D eigenvalue weighted by molar-refractivity contribution is 7.19. The quantitative estimate of drug-likeness (QED) is 0.456. The van der Waals surface area contributed by atoms with Gasteiger partial charge in [0.1, 0.15) is 16.4 Å². The highest BCUT2D eigenvalue weighted by atomic mass is 32.1. The summed E-state index contributed by atoms with van der Waals surface area (Å²) in [6.07, 6.45) is 0.875. The summed E-state index contributed by atoms with van der Waals surface area (Å²) >= 11 is 1.55. The fourth-order valence-corrected chi connectivity index (χ4v) is 4.66. The Labute approximate surface area is 173 Å². The molecular weight excluding hydrogens is 380 g/mol. The molecule has 0 aliphatic heterocycles. The molecule has 0 saturated carbocycles. The van der Waals surface area contributed by atoms with E-state index in [1.54, 1.807) is 22.8 Å². The summed E-state index contributed by atoms with van der Waals surface area (Å²) < 4.78 is 1.69. The summed E-state index contributed by atoms with van der Waals surface area (Å²) in [7, 11) is 0. The third kappa shape index (κ3) is 3.91. The average Bonchev–Trinajstić information content (AvgIpc) is 3.05. The van der Waals surface area contributed by atoms with Crippen LogP contribution in [0, 0.1) is 6.92 Å². The van der Waals surface area contributed by atoms with Crippen molar-refractivity contribution in [2.75, 3.05) is 0 Å². The predicted molar refractivity (Wildman–Crippen MR) is 119 cm³/mol. The van der Waals surface area contributed by atoms with Crippen molar-refractivity contribution in [3.63, 3.8) is 0 Å². The molecule has 0 atom stereocenters. The van der Waals surface area contributed by atoms with Crippen molar-refractivity contribution in [3.8, 4) is 11.1 Å². The maximum absolute atomic E-state index is 13.6. The second-order valence-electron chi connectivity index (χ2n) is 7.18. The maximum atomic E-state index is 13.6. The van der Waals surface area contributed by atoms with Crippen molar-refractivity contribution in [2.45, 2.75) is 33.2 Å². The van der Waals surface area contributed by atoms with E-state index in [1.165, 1.54) is 0 Å². The van der Waals surface area contributed by atoms with Crippen molar-refractivity contribution in [1.29, 1.82) is 0 Å². The van der Waals surface area contributed by atoms with Crippen molar-refractivity contribution >= 4 is 27.3 Å². The van der Waals surface area contributed by atoms with Gasteiger partial charge in [-0.15, -0.1) is 11.3 Å². The van der Waals surface area contributed by atoms with Gasteiger partial charge in [-0.1, -0.05) is 60.7 Å². The molecular formula is C24H22N2O2S. The van der Waals surface area contributed by atoms with Crippen LogP contribution in [-0.4, -0.2) is 15.3 Å². The number of hydrogen-bond acceptors (Lipinski definition) is 4. The summed E-state index contributed by atoms with van der Waals surface area (Å²) in [6.45, 7) is 3.94. The number of fused-ring (bicyclic) bond motifs is 1. The second-order valence-corrected chi connectivity index (χ2v) is 8.38. The smallest absolute Gasteiger partial charge is 0.262 e. The molecule has 2 heterocycles. The lowest BCUT2D eigenvalue weighted by atomic mass is 10.0. The van der Waals surface area contributed by atoms with Crippen LogP contribution in [0.3, 0.4) is 0 Å². The number of hydrogen-bond donors (Lipinski definition) is 0. The van der Waals surface area contributed by atoms with Gasteiger partial charge < -0.3 is 0 Å². The van der Waals surface area contributed by atoms with E-state index < -0.39 is 0 Å². The zero-order chi connectivity index (χ0) is 20.4. The molecule has 146 valence electrons. The molecule has 0 radical (unpaired) electrons. The molecule has 2 aromatic carbocycles. The Hall–Kier alpha value is -3.05. The predicted octanol–water partition coefficient (Wildman–Crippen LogP) is 5.00. The Bertz CT molecular complexity index is 1220. The summed E-state index contributed by atoms with van der Waals surface area (Å²) in [5.41, 5.74) is 2.99. The fourth-order valence-electron chi connectivity index (χ4n) is 3.60. The highest BCUT2D eigenvalue weighted by Gasteiger charge is 2.20. The number of carbonyl (C=O) groups is 1. The number of nitrogens with zero attached hydrogens (tertiary/aromatic N) is 2. The van der Waals surface area contributed by atoms with Crippen molar-refractivity contribution < 1.29 is 4.79 Å². The van der Waals surface area contributed by atoms with Crippen LogP contribution in [0.4, 0.5) is 0 Å². The minimum Gasteiger partial charge on any atom is -0.300 e. The number of aromatic nitrogens is 2. The van der Waals surface area contributed by atoms with E-state index in [2.05, 4.69) is 0 Å². The van der Waals surface area contributed by atoms with E-state index in [4.69, 9.17) is 4.98 Å². The molecule has 0 amide bonds. The Morgan fingerprint density at radius 2 is 1.69 bits per heavy atom. The molecule has 29 heavy (non-hydrogen) atoms. The van der Waals surface area contributed by atoms with Gasteiger partial charge in [0, 0.05) is 29.8 Å². The van der Waals surface area contributed by atoms with Crippen LogP contribution < -0.4 is 5.56 Å². The van der Waals surface area contributed by atoms with Crippen LogP contribution in [-0.2, 0) is 17.8 Å². The number of ketones is 1. The number of thiophene rings is 1. The van der Waals surface area contributed by atoms with Gasteiger partial charge in [-0.05, 0) is 25.0 Å². The third-order valence-electron chi connectivity index (χ3n) is 5.02. The molecule has 0 spiro atoms. The van der Waals surface area contributed by atoms with Crippen LogP contribution in [0.2, 0.25) is 0 Å². The zero-order valence-corrected chi connectivity index (χ0v) is 17.3. The number of aryl methyl sites for hydroxylation is 1. The van der Waals surface area contributed by atoms with E-state index in [-0.39, 0.29) is 11.3 Å². The molecule has 4 nitrogen and oxygen atoms in total. The normalized spacial score (nSPS) is 11.1. The van der Waals surface area contributed by atoms with Gasteiger partial charge in [-0.25, -0.2) is 4.98 Å². The minimum atomic E-state index is -0.0645. The largest absolute Gasteiger partial charge is 0.300 e. The van der Waals surface area contributed by atoms with Gasteiger partial charge in [0.15, 0.2) is 0 Å². The number of Topliss-reactive ketones (excluding diaryl/α,β-unsaturated/α-hetero) is 1. The molecule has 0 fully saturated rings. The van der Waals surface area contributed by atoms with E-state index in [0.29, 0.717) is 30.6 Å². The first-order valence-corrected chi connectivity index (χ1v) is 10.5. The van der Waals surface area contributed by atoms with E-state index >= 15 is 0 Å². The third-order valence-corrected chi connectivity index (χ3v) is 6.02. The number of rotatable bonds is 6. The second kappa shape index (κ2) is 8.13. The lowest BCUT2D eigenvalue weighted by Gasteiger charge is -2.12. The maximum Gasteiger partial charge on any atom is 0.262 e. The fraction of sp³-hybridized carbons (Fsp3) is 0.208. The molecule has 0 aliphatic rings. The summed E-state index contributed by atoms with van der Waals surface area (Å²) in [5, 5.41) is 0.652. The Morgan fingerprint density at radius 3 is 2.34 bits per heavy atom. The SMILES string of the molecule is CC(=O)CCn1c(Cc2ccccc2)nc2sc(C)c(-c3ccccc3)c2c1=O. The lowest BCUT2D eigenvalue weighted by Crippen LogP contribution is -2.26. The molecule has 5 heteroatoms. The van der Waals surface area contributed by atoms with Crippen LogP contribution in [0.15, 0.2) is 65.5 Å². The Balaban J connectivity index is 1.93. The van der Waals surface area contributed by atoms with Gasteiger partial charge in [0.05, 0.1) is 5.39 Å². The topological polar surface area (TPSA) is 52.0 Å². The van der Waals surface area contributed by atoms with E-state index in [9.17, 15) is 9.59 Å². The Morgan fingerprint density at radius 1 is 1.03 bits per heavy atom. The van der Waals surface area contributed by atoms with Crippen LogP contribution >= 0.6 is 11.3 Å². The van der Waals surface area contributed by atoms with Gasteiger partial charge >= 0.3 is 0 Å². The standard InChI is InChI=1S/C24H22N2O2S/c1-16(27)13-14-26-20(15-18-9-5-3-6-10-18)25-23-22(24(26)28)21(17(2)29-23)19-11-7-4-8-12-19/h3-12H,13-15H2,1-2H3. The molecule has 4 aromatic rings. The average molecular weight is 403 g/mol. The monoisotopic (exact) mass is 402 g/mol. The first-order valence-electron chi connectivity index (χ1n) is 9.66. The van der Waals surface area contributed by atoms with Crippen molar-refractivity contribution in [1.82, 2.24) is 9.55 Å². The summed E-state index contributed by atoms with van der Waals surface area (Å²) in [4.78, 5) is 31.9. The van der Waals surface area contributed by atoms with Crippen molar-refractivity contribution in [3.05, 3.63) is 87.3 Å². The van der Waals surface area contributed by atoms with Gasteiger partial charge in [0.25, 0.3) is 5.56 Å². The van der Waals surface area contributed by atoms with Crippen LogP contribution in [0.1, 0.15) is 29.6 Å². The van der Waals surface area contributed by atoms with E-state index in [1.807, 2.05) is 67.6 Å². The molecule has 0 saturated heterocycles. The van der Waals surface area contributed by atoms with Crippen LogP contribution in [0.25, 0.3) is 21.3 Å². The molecule has 2 aromatic heterocycles. The molecule has 0 aliphatic carbocycles. The first-order chi connectivity index (χ1) is 14.0. The van der Waals surface area contributed by atoms with Crippen LogP contribution in [0.5, 0.6) is 0 Å². The first kappa shape index (κ1) is 19.3. The molecule has 4 rings (SSSR count). The summed E-state index contributed by atoms with van der Waals surface area (Å²) in [5.74, 6) is 0.767. The Kier molecular flexibility index (Phi) is 5.41. The van der Waals surface area contributed by atoms with Gasteiger partial charge in [-0.3, -0.25) is 14.2 Å². The lowest BCUT2D eigenvalue weighted by molar-refractivity contribution is -0.117. The molecule has 0 bridgehead atoms. The van der Waals surface area contributed by atoms with Gasteiger partial charge in [0.2, 0.25) is 0 Å². The zero-order valence-electron chi connectivity index (χ0n) is 16.5. The summed E-state index contributed by atoms with van der Waals surface area (Å²) in [6, 6.07) is 19.9. The number of benzene rings is 2. The van der Waals surface area contributed by atoms with E-state index in [0.717, 1.165) is 26.4 Å². The highest BCUT2D eigenvalue weighted by Crippen LogP contribution is 2.35.